The first kappa shape index (κ1) is 35.7. The van der Waals surface area contributed by atoms with Gasteiger partial charge in [-0.2, -0.15) is 18.4 Å². The molecule has 14 nitrogen and oxygen atoms in total. The number of anilines is 1. The maximum Gasteiger partial charge on any atom is 0.339 e. The summed E-state index contributed by atoms with van der Waals surface area (Å²) in [7, 11) is -4.52. The smallest absolute Gasteiger partial charge is 0.339 e. The molecular formula is C40H35F2N7O7S. The lowest BCUT2D eigenvalue weighted by molar-refractivity contribution is -0.384. The normalized spacial score (nSPS) is 25.1. The summed E-state index contributed by atoms with van der Waals surface area (Å²) in [5, 5.41) is 15.9. The van der Waals surface area contributed by atoms with Crippen molar-refractivity contribution in [3.05, 3.63) is 76.1 Å². The van der Waals surface area contributed by atoms with E-state index in [1.165, 1.54) is 12.1 Å². The molecule has 0 radical (unpaired) electrons. The van der Waals surface area contributed by atoms with E-state index in [0.29, 0.717) is 41.7 Å². The van der Waals surface area contributed by atoms with Gasteiger partial charge in [0.05, 0.1) is 16.5 Å². The number of piperazine rings is 1. The van der Waals surface area contributed by atoms with Gasteiger partial charge in [-0.1, -0.05) is 18.1 Å². The minimum absolute atomic E-state index is 0.0602. The van der Waals surface area contributed by atoms with Crippen LogP contribution in [0.3, 0.4) is 0 Å². The maximum absolute atomic E-state index is 17.6. The molecule has 7 heterocycles. The standard InChI is InChI=1S/C40H35F2N7O7S/c1-2-22-5-3-6-23-15-27(56-57(52,53)28-10-8-26(9-11-28)49(50)51)16-29(32(22)23)35-34(42)36-33-37(48-19-25-7-12-30(43-25)31(48)20-54-38(33)44-35)46-39(45-36)55-21-40-13-4-14-47(40)18-24(41)17-40/h1,3,5-6,8-11,15-16,24-25,30-31,43H,4,7,12-14,17-21H2/t24-,25-,30+,31-,40+/m1/s1. The van der Waals surface area contributed by atoms with Crippen LogP contribution in [0.5, 0.6) is 17.6 Å². The van der Waals surface area contributed by atoms with Crippen LogP contribution in [0.4, 0.5) is 20.3 Å². The molecule has 17 heteroatoms. The summed E-state index contributed by atoms with van der Waals surface area (Å²) < 4.78 is 77.5. The van der Waals surface area contributed by atoms with Gasteiger partial charge in [0.15, 0.2) is 5.82 Å². The third-order valence-electron chi connectivity index (χ3n) is 12.1. The lowest BCUT2D eigenvalue weighted by Crippen LogP contribution is -2.60. The van der Waals surface area contributed by atoms with Crippen LogP contribution in [-0.2, 0) is 10.1 Å². The predicted octanol–water partition coefficient (Wildman–Crippen LogP) is 5.30. The van der Waals surface area contributed by atoms with Crippen LogP contribution in [0.25, 0.3) is 32.9 Å². The van der Waals surface area contributed by atoms with Crippen LogP contribution < -0.4 is 23.9 Å². The molecule has 0 saturated carbocycles. The van der Waals surface area contributed by atoms with Crippen molar-refractivity contribution in [1.29, 1.82) is 0 Å². The number of ether oxygens (including phenoxy) is 2. The van der Waals surface area contributed by atoms with Crippen LogP contribution in [-0.4, -0.2) is 95.9 Å². The summed E-state index contributed by atoms with van der Waals surface area (Å²) in [6.07, 6.45) is 8.90. The summed E-state index contributed by atoms with van der Waals surface area (Å²) in [4.78, 5) is 28.8. The fourth-order valence-corrected chi connectivity index (χ4v) is 10.4. The Labute approximate surface area is 325 Å². The third-order valence-corrected chi connectivity index (χ3v) is 13.3. The van der Waals surface area contributed by atoms with E-state index in [0.717, 1.165) is 56.5 Å². The number of hydrogen-bond acceptors (Lipinski definition) is 13. The Balaban J connectivity index is 1.13. The van der Waals surface area contributed by atoms with Gasteiger partial charge in [-0.15, -0.1) is 6.42 Å². The molecule has 5 aromatic rings. The Morgan fingerprint density at radius 3 is 2.75 bits per heavy atom. The number of hydrogen-bond donors (Lipinski definition) is 1. The summed E-state index contributed by atoms with van der Waals surface area (Å²) >= 11 is 0. The van der Waals surface area contributed by atoms with Crippen LogP contribution in [0, 0.1) is 28.3 Å². The highest BCUT2D eigenvalue weighted by atomic mass is 32.2. The highest BCUT2D eigenvalue weighted by Crippen LogP contribution is 2.46. The third kappa shape index (κ3) is 5.88. The van der Waals surface area contributed by atoms with Crippen molar-refractivity contribution in [2.45, 2.75) is 66.8 Å². The number of alkyl halides is 1. The number of nitrogens with zero attached hydrogens (tertiary/aromatic N) is 6. The van der Waals surface area contributed by atoms with Gasteiger partial charge < -0.3 is 23.9 Å². The lowest BCUT2D eigenvalue weighted by Gasteiger charge is -2.40. The second-order valence-corrected chi connectivity index (χ2v) is 16.9. The van der Waals surface area contributed by atoms with Crippen molar-refractivity contribution in [2.24, 2.45) is 0 Å². The molecule has 4 fully saturated rings. The zero-order valence-electron chi connectivity index (χ0n) is 30.4. The lowest BCUT2D eigenvalue weighted by atomic mass is 9.95. The van der Waals surface area contributed by atoms with Crippen molar-refractivity contribution in [3.63, 3.8) is 0 Å². The van der Waals surface area contributed by atoms with Gasteiger partial charge in [0.2, 0.25) is 5.88 Å². The topological polar surface area (TPSA) is 162 Å². The first-order chi connectivity index (χ1) is 27.5. The molecule has 0 aliphatic carbocycles. The average Bonchev–Trinajstić information content (AvgIpc) is 3.84. The van der Waals surface area contributed by atoms with E-state index in [9.17, 15) is 22.9 Å². The highest BCUT2D eigenvalue weighted by molar-refractivity contribution is 7.87. The largest absolute Gasteiger partial charge is 0.475 e. The first-order valence-corrected chi connectivity index (χ1v) is 20.2. The van der Waals surface area contributed by atoms with Crippen LogP contribution in [0.15, 0.2) is 59.5 Å². The summed E-state index contributed by atoms with van der Waals surface area (Å²) in [5.41, 5.74) is -0.645. The molecule has 5 aliphatic heterocycles. The van der Waals surface area contributed by atoms with Gasteiger partial charge in [-0.3, -0.25) is 15.0 Å². The molecule has 0 spiro atoms. The second-order valence-electron chi connectivity index (χ2n) is 15.4. The molecule has 10 rings (SSSR count). The number of nitro benzene ring substituents is 1. The summed E-state index contributed by atoms with van der Waals surface area (Å²) in [5.74, 6) is 2.12. The van der Waals surface area contributed by atoms with E-state index < -0.39 is 32.6 Å². The molecule has 292 valence electrons. The number of rotatable bonds is 8. The summed E-state index contributed by atoms with van der Waals surface area (Å²) in [6, 6.07) is 12.1. The molecular weight excluding hydrogens is 761 g/mol. The van der Waals surface area contributed by atoms with Gasteiger partial charge in [0.1, 0.15) is 52.4 Å². The quantitative estimate of drug-likeness (QED) is 0.0934. The molecule has 57 heavy (non-hydrogen) atoms. The fourth-order valence-electron chi connectivity index (χ4n) is 9.47. The number of non-ortho nitro benzene ring substituents is 1. The Kier molecular flexibility index (Phi) is 8.26. The van der Waals surface area contributed by atoms with E-state index in [-0.39, 0.29) is 81.7 Å². The Morgan fingerprint density at radius 1 is 1.11 bits per heavy atom. The van der Waals surface area contributed by atoms with Crippen LogP contribution in [0.1, 0.15) is 37.7 Å². The van der Waals surface area contributed by atoms with Crippen molar-refractivity contribution < 1.29 is 35.8 Å². The SMILES string of the molecule is C#Cc1cccc2cc(OS(=O)(=O)c3ccc([N+](=O)[O-])cc3)cc(-c3nc4c5c(nc(OC[C@@]67CCCN6C[C@H](F)C7)nc5c3F)N3C[C@H]5CC[C@H](N5)[C@H]3CO4)c12. The van der Waals surface area contributed by atoms with Gasteiger partial charge >= 0.3 is 16.1 Å². The molecule has 5 aliphatic rings. The molecule has 3 aromatic carbocycles. The maximum atomic E-state index is 17.6. The minimum Gasteiger partial charge on any atom is -0.475 e. The number of fused-ring (bicyclic) bond motifs is 7. The molecule has 4 saturated heterocycles. The Bertz CT molecular complexity index is 2660. The van der Waals surface area contributed by atoms with Crippen molar-refractivity contribution in [1.82, 2.24) is 25.2 Å². The van der Waals surface area contributed by atoms with E-state index in [1.54, 1.807) is 18.2 Å². The predicted molar refractivity (Wildman–Crippen MR) is 204 cm³/mol. The van der Waals surface area contributed by atoms with Crippen LogP contribution >= 0.6 is 0 Å². The number of halogens is 2. The first-order valence-electron chi connectivity index (χ1n) is 18.8. The minimum atomic E-state index is -4.52. The number of terminal acetylenes is 1. The zero-order valence-corrected chi connectivity index (χ0v) is 31.2. The monoisotopic (exact) mass is 795 g/mol. The number of benzene rings is 3. The highest BCUT2D eigenvalue weighted by Gasteiger charge is 2.50. The van der Waals surface area contributed by atoms with Gasteiger partial charge in [-0.25, -0.2) is 13.8 Å². The molecule has 2 bridgehead atoms. The van der Waals surface area contributed by atoms with Crippen LogP contribution in [0.2, 0.25) is 0 Å². The number of nitro groups is 1. The number of pyridine rings is 1. The van der Waals surface area contributed by atoms with Crippen molar-refractivity contribution >= 4 is 43.3 Å². The Morgan fingerprint density at radius 2 is 1.95 bits per heavy atom. The second kappa shape index (κ2) is 13.2. The van der Waals surface area contributed by atoms with E-state index in [1.807, 2.05) is 0 Å². The number of nitrogens with one attached hydrogen (secondary N) is 1. The molecule has 0 amide bonds. The summed E-state index contributed by atoms with van der Waals surface area (Å²) in [6.45, 7) is 2.06. The molecule has 2 aromatic heterocycles. The van der Waals surface area contributed by atoms with Crippen molar-refractivity contribution in [2.75, 3.05) is 37.7 Å². The molecule has 0 unspecified atom stereocenters. The average molecular weight is 796 g/mol. The molecule has 5 atom stereocenters. The zero-order chi connectivity index (χ0) is 39.2. The Hall–Kier alpha value is -5.70. The fraction of sp³-hybridized carbons (Fsp3) is 0.375. The van der Waals surface area contributed by atoms with Gasteiger partial charge in [-0.05, 0) is 67.9 Å². The van der Waals surface area contributed by atoms with E-state index in [2.05, 4.69) is 26.0 Å². The van der Waals surface area contributed by atoms with E-state index in [4.69, 9.17) is 30.0 Å². The molecule has 1 N–H and O–H groups in total. The van der Waals surface area contributed by atoms with Crippen molar-refractivity contribution in [3.8, 4) is 41.2 Å². The van der Waals surface area contributed by atoms with Gasteiger partial charge in [0, 0.05) is 60.2 Å². The van der Waals surface area contributed by atoms with E-state index >= 15 is 4.39 Å². The van der Waals surface area contributed by atoms with Gasteiger partial charge in [0.25, 0.3) is 5.69 Å². The number of aromatic nitrogens is 3.